The number of rotatable bonds is 2. The van der Waals surface area contributed by atoms with Gasteiger partial charge in [0.1, 0.15) is 0 Å². The summed E-state index contributed by atoms with van der Waals surface area (Å²) in [4.78, 5) is 10.8. The monoisotopic (exact) mass is 173 g/mol. The first-order valence-electron chi connectivity index (χ1n) is 4.04. The molecule has 5 nitrogen and oxygen atoms in total. The average Bonchev–Trinajstić information content (AvgIpc) is 2.06. The molecule has 12 heavy (non-hydrogen) atoms. The Morgan fingerprint density at radius 2 is 2.25 bits per heavy atom. The Balaban J connectivity index is 2.15. The molecule has 0 atom stereocenters. The van der Waals surface area contributed by atoms with E-state index in [1.807, 2.05) is 0 Å². The molecule has 1 aliphatic heterocycles. The largest absolute Gasteiger partial charge is 0.447 e. The molecule has 0 aromatic carbocycles. The smallest absolute Gasteiger partial charge is 0.445 e. The van der Waals surface area contributed by atoms with Crippen LogP contribution in [0.1, 0.15) is 6.92 Å². The van der Waals surface area contributed by atoms with E-state index in [0.717, 1.165) is 0 Å². The first kappa shape index (κ1) is 9.28. The van der Waals surface area contributed by atoms with Crippen molar-refractivity contribution >= 4 is 6.09 Å². The number of hydrogen-bond acceptors (Lipinski definition) is 4. The average molecular weight is 173 g/mol. The lowest BCUT2D eigenvalue weighted by molar-refractivity contribution is 0.00795. The van der Waals surface area contributed by atoms with E-state index in [0.29, 0.717) is 32.9 Å². The summed E-state index contributed by atoms with van der Waals surface area (Å²) in [6.45, 7) is 4.71. The molecule has 0 N–H and O–H groups in total. The summed E-state index contributed by atoms with van der Waals surface area (Å²) < 4.78 is 9.74. The molecular formula is C7H13N2O3. The highest BCUT2D eigenvalue weighted by molar-refractivity contribution is 5.66. The molecule has 0 aliphatic carbocycles. The van der Waals surface area contributed by atoms with E-state index >= 15 is 0 Å². The number of carbonyl (C=O) groups excluding carboxylic acids is 1. The normalized spacial score (nSPS) is 18.8. The molecule has 0 bridgehead atoms. The van der Waals surface area contributed by atoms with Crippen molar-refractivity contribution in [2.24, 2.45) is 0 Å². The van der Waals surface area contributed by atoms with Crippen LogP contribution in [0, 0.1) is 0 Å². The van der Waals surface area contributed by atoms with Gasteiger partial charge in [0.25, 0.3) is 0 Å². The lowest BCUT2D eigenvalue weighted by Crippen LogP contribution is -2.43. The van der Waals surface area contributed by atoms with Gasteiger partial charge in [0.15, 0.2) is 0 Å². The number of nitrogens with zero attached hydrogens (tertiary/aromatic N) is 2. The zero-order valence-corrected chi connectivity index (χ0v) is 7.15. The highest BCUT2D eigenvalue weighted by atomic mass is 16.6. The molecular weight excluding hydrogens is 160 g/mol. The van der Waals surface area contributed by atoms with Gasteiger partial charge >= 0.3 is 6.09 Å². The molecule has 1 aliphatic rings. The van der Waals surface area contributed by atoms with Crippen molar-refractivity contribution in [2.45, 2.75) is 6.92 Å². The Labute approximate surface area is 71.6 Å². The highest BCUT2D eigenvalue weighted by Crippen LogP contribution is 1.94. The number of amides is 1. The van der Waals surface area contributed by atoms with E-state index < -0.39 is 6.09 Å². The Hall–Kier alpha value is -0.810. The SMILES string of the molecule is CCOC(=O)[N]N1CCOCC1. The molecule has 0 aromatic heterocycles. The third-order valence-corrected chi connectivity index (χ3v) is 1.48. The molecule has 5 heteroatoms. The van der Waals surface area contributed by atoms with Crippen molar-refractivity contribution < 1.29 is 14.3 Å². The molecule has 69 valence electrons. The van der Waals surface area contributed by atoms with Gasteiger partial charge in [-0.1, -0.05) is 0 Å². The van der Waals surface area contributed by atoms with E-state index in [4.69, 9.17) is 4.74 Å². The molecule has 1 saturated heterocycles. The van der Waals surface area contributed by atoms with Gasteiger partial charge < -0.3 is 9.47 Å². The van der Waals surface area contributed by atoms with Crippen molar-refractivity contribution in [1.82, 2.24) is 10.4 Å². The molecule has 1 amide bonds. The van der Waals surface area contributed by atoms with Crippen LogP contribution in [0.2, 0.25) is 0 Å². The van der Waals surface area contributed by atoms with Gasteiger partial charge in [-0.05, 0) is 6.92 Å². The summed E-state index contributed by atoms with van der Waals surface area (Å²) >= 11 is 0. The molecule has 1 radical (unpaired) electrons. The minimum Gasteiger partial charge on any atom is -0.447 e. The van der Waals surface area contributed by atoms with Gasteiger partial charge in [0.2, 0.25) is 0 Å². The topological polar surface area (TPSA) is 52.9 Å². The first-order valence-corrected chi connectivity index (χ1v) is 4.04. The highest BCUT2D eigenvalue weighted by Gasteiger charge is 2.15. The Morgan fingerprint density at radius 3 is 2.83 bits per heavy atom. The quantitative estimate of drug-likeness (QED) is 0.589. The van der Waals surface area contributed by atoms with E-state index in [2.05, 4.69) is 10.2 Å². The van der Waals surface area contributed by atoms with Crippen molar-refractivity contribution in [2.75, 3.05) is 32.9 Å². The van der Waals surface area contributed by atoms with Crippen molar-refractivity contribution in [3.63, 3.8) is 0 Å². The van der Waals surface area contributed by atoms with Crippen LogP contribution in [-0.4, -0.2) is 44.0 Å². The summed E-state index contributed by atoms with van der Waals surface area (Å²) in [5, 5.41) is 1.67. The van der Waals surface area contributed by atoms with Crippen LogP contribution in [0.4, 0.5) is 4.79 Å². The standard InChI is InChI=1S/C7H13N2O3/c1-2-12-7(10)8-9-3-5-11-6-4-9/h2-6H2,1H3. The van der Waals surface area contributed by atoms with Gasteiger partial charge in [-0.3, -0.25) is 0 Å². The summed E-state index contributed by atoms with van der Waals surface area (Å²) in [5.41, 5.74) is 3.72. The van der Waals surface area contributed by atoms with Crippen molar-refractivity contribution in [3.05, 3.63) is 0 Å². The molecule has 0 unspecified atom stereocenters. The van der Waals surface area contributed by atoms with Crippen LogP contribution < -0.4 is 5.43 Å². The molecule has 1 heterocycles. The van der Waals surface area contributed by atoms with Crippen LogP contribution in [0.5, 0.6) is 0 Å². The Morgan fingerprint density at radius 1 is 1.58 bits per heavy atom. The molecule has 0 saturated carbocycles. The van der Waals surface area contributed by atoms with Gasteiger partial charge in [0, 0.05) is 13.1 Å². The van der Waals surface area contributed by atoms with Crippen LogP contribution in [0.25, 0.3) is 0 Å². The Kier molecular flexibility index (Phi) is 3.83. The van der Waals surface area contributed by atoms with Gasteiger partial charge in [-0.25, -0.2) is 4.79 Å². The minimum atomic E-state index is -0.514. The van der Waals surface area contributed by atoms with Gasteiger partial charge in [-0.2, -0.15) is 5.01 Å². The summed E-state index contributed by atoms with van der Waals surface area (Å²) in [6.07, 6.45) is -0.514. The first-order chi connectivity index (χ1) is 5.83. The summed E-state index contributed by atoms with van der Waals surface area (Å²) in [5.74, 6) is 0. The van der Waals surface area contributed by atoms with Gasteiger partial charge in [0.05, 0.1) is 19.8 Å². The third kappa shape index (κ3) is 3.06. The number of hydrogen-bond donors (Lipinski definition) is 0. The predicted octanol–water partition coefficient (Wildman–Crippen LogP) is -0.00550. The second-order valence-corrected chi connectivity index (χ2v) is 2.36. The maximum absolute atomic E-state index is 10.8. The summed E-state index contributed by atoms with van der Waals surface area (Å²) in [6, 6.07) is 0. The second-order valence-electron chi connectivity index (χ2n) is 2.36. The van der Waals surface area contributed by atoms with E-state index in [9.17, 15) is 4.79 Å². The number of ether oxygens (including phenoxy) is 2. The minimum absolute atomic E-state index is 0.368. The van der Waals surface area contributed by atoms with E-state index in [-0.39, 0.29) is 0 Å². The fourth-order valence-corrected chi connectivity index (χ4v) is 0.922. The zero-order valence-electron chi connectivity index (χ0n) is 7.15. The molecule has 0 aromatic rings. The van der Waals surface area contributed by atoms with Crippen LogP contribution in [-0.2, 0) is 9.47 Å². The second kappa shape index (κ2) is 4.95. The maximum atomic E-state index is 10.8. The number of morpholine rings is 1. The maximum Gasteiger partial charge on any atom is 0.445 e. The summed E-state index contributed by atoms with van der Waals surface area (Å²) in [7, 11) is 0. The molecule has 1 fully saturated rings. The van der Waals surface area contributed by atoms with Crippen LogP contribution in [0.3, 0.4) is 0 Å². The molecule has 0 spiro atoms. The lowest BCUT2D eigenvalue weighted by Gasteiger charge is -2.23. The van der Waals surface area contributed by atoms with Gasteiger partial charge in [-0.15, -0.1) is 5.43 Å². The number of carbonyl (C=O) groups is 1. The predicted molar refractivity (Wildman–Crippen MR) is 41.5 cm³/mol. The van der Waals surface area contributed by atoms with Crippen LogP contribution >= 0.6 is 0 Å². The van der Waals surface area contributed by atoms with Crippen LogP contribution in [0.15, 0.2) is 0 Å². The third-order valence-electron chi connectivity index (χ3n) is 1.48. The zero-order chi connectivity index (χ0) is 8.81. The Bertz CT molecular complexity index is 146. The molecule has 1 rings (SSSR count). The fraction of sp³-hybridized carbons (Fsp3) is 0.857. The lowest BCUT2D eigenvalue weighted by atomic mass is 10.5. The fourth-order valence-electron chi connectivity index (χ4n) is 0.922. The van der Waals surface area contributed by atoms with E-state index in [1.54, 1.807) is 11.9 Å². The van der Waals surface area contributed by atoms with E-state index in [1.165, 1.54) is 0 Å². The van der Waals surface area contributed by atoms with Crippen molar-refractivity contribution in [1.29, 1.82) is 0 Å². The van der Waals surface area contributed by atoms with Crippen molar-refractivity contribution in [3.8, 4) is 0 Å².